The summed E-state index contributed by atoms with van der Waals surface area (Å²) in [6, 6.07) is 9.33. The first-order valence-electron chi connectivity index (χ1n) is 8.83. The second kappa shape index (κ2) is 9.58. The highest BCUT2D eigenvalue weighted by Crippen LogP contribution is 2.32. The third-order valence-corrected chi connectivity index (χ3v) is 5.57. The highest BCUT2D eigenvalue weighted by molar-refractivity contribution is 6.42. The highest BCUT2D eigenvalue weighted by atomic mass is 35.5. The van der Waals surface area contributed by atoms with Crippen molar-refractivity contribution in [1.82, 2.24) is 0 Å². The lowest BCUT2D eigenvalue weighted by Crippen LogP contribution is -2.65. The summed E-state index contributed by atoms with van der Waals surface area (Å²) in [6.07, 6.45) is -9.27. The molecule has 1 unspecified atom stereocenters. The van der Waals surface area contributed by atoms with Crippen LogP contribution in [0, 0.1) is 0 Å². The van der Waals surface area contributed by atoms with E-state index in [2.05, 4.69) is 5.32 Å². The minimum atomic E-state index is -1.92. The molecule has 1 aliphatic rings. The molecule has 2 amide bonds. The first kappa shape index (κ1) is 23.6. The number of amides is 2. The summed E-state index contributed by atoms with van der Waals surface area (Å²) in [6.45, 7) is 0. The van der Waals surface area contributed by atoms with Crippen LogP contribution in [0.25, 0.3) is 0 Å². The van der Waals surface area contributed by atoms with Gasteiger partial charge >= 0.3 is 12.0 Å². The summed E-state index contributed by atoms with van der Waals surface area (Å²) >= 11 is 17.8. The summed E-state index contributed by atoms with van der Waals surface area (Å²) in [5, 5.41) is 43.2. The van der Waals surface area contributed by atoms with E-state index in [1.54, 1.807) is 0 Å². The number of urea groups is 1. The molecule has 9 nitrogen and oxygen atoms in total. The van der Waals surface area contributed by atoms with Crippen LogP contribution in [0.5, 0.6) is 0 Å². The van der Waals surface area contributed by atoms with Gasteiger partial charge in [-0.05, 0) is 42.5 Å². The highest BCUT2D eigenvalue weighted by Gasteiger charge is 2.50. The minimum absolute atomic E-state index is 0.0733. The maximum Gasteiger partial charge on any atom is 0.335 e. The molecule has 0 radical (unpaired) electrons. The molecule has 0 aliphatic carbocycles. The van der Waals surface area contributed by atoms with Gasteiger partial charge in [-0.2, -0.15) is 0 Å². The van der Waals surface area contributed by atoms with Gasteiger partial charge in [0.15, 0.2) is 12.3 Å². The standard InChI is InChI=1S/C19H17Cl3N2O7/c20-8-1-3-9(4-2-8)23-19(30)24(10-5-6-11(21)12(22)7-10)17-15(27)13(25)14(26)16(31-17)18(28)29/h1-7,13-17,25-27H,(H,23,30)(H,28,29)/t13-,14-,15+,16-,17?/m0/s1. The molecule has 0 aromatic heterocycles. The molecule has 1 heterocycles. The first-order chi connectivity index (χ1) is 14.6. The number of nitrogens with zero attached hydrogens (tertiary/aromatic N) is 1. The van der Waals surface area contributed by atoms with Crippen molar-refractivity contribution >= 4 is 58.2 Å². The Kier molecular flexibility index (Phi) is 7.28. The number of carboxylic acids is 1. The van der Waals surface area contributed by atoms with Crippen LogP contribution in [0.15, 0.2) is 42.5 Å². The second-order valence-corrected chi connectivity index (χ2v) is 7.91. The number of aliphatic carboxylic acids is 1. The normalized spacial score (nSPS) is 25.7. The first-order valence-corrected chi connectivity index (χ1v) is 9.97. The summed E-state index contributed by atoms with van der Waals surface area (Å²) < 4.78 is 5.32. The number of halogens is 3. The lowest BCUT2D eigenvalue weighted by molar-refractivity contribution is -0.225. The predicted octanol–water partition coefficient (Wildman–Crippen LogP) is 2.58. The van der Waals surface area contributed by atoms with Gasteiger partial charge in [0.25, 0.3) is 0 Å². The molecular weight excluding hydrogens is 475 g/mol. The molecule has 166 valence electrons. The Balaban J connectivity index is 2.01. The molecule has 2 aromatic rings. The summed E-state index contributed by atoms with van der Waals surface area (Å²) in [5.41, 5.74) is 0.415. The van der Waals surface area contributed by atoms with E-state index in [0.29, 0.717) is 10.7 Å². The fraction of sp³-hybridized carbons (Fsp3) is 0.263. The van der Waals surface area contributed by atoms with E-state index < -0.39 is 42.6 Å². The largest absolute Gasteiger partial charge is 0.479 e. The van der Waals surface area contributed by atoms with Gasteiger partial charge in [0.05, 0.1) is 10.0 Å². The van der Waals surface area contributed by atoms with Gasteiger partial charge in [-0.1, -0.05) is 34.8 Å². The lowest BCUT2D eigenvalue weighted by atomic mass is 9.97. The number of benzene rings is 2. The van der Waals surface area contributed by atoms with E-state index in [0.717, 1.165) is 4.90 Å². The van der Waals surface area contributed by atoms with E-state index in [1.807, 2.05) is 0 Å². The molecule has 0 saturated carbocycles. The number of nitrogens with one attached hydrogen (secondary N) is 1. The van der Waals surface area contributed by atoms with Crippen LogP contribution in [-0.2, 0) is 9.53 Å². The van der Waals surface area contributed by atoms with Crippen LogP contribution in [0.2, 0.25) is 15.1 Å². The predicted molar refractivity (Wildman–Crippen MR) is 114 cm³/mol. The number of ether oxygens (including phenoxy) is 1. The Morgan fingerprint density at radius 1 is 0.903 bits per heavy atom. The Morgan fingerprint density at radius 2 is 1.55 bits per heavy atom. The van der Waals surface area contributed by atoms with E-state index >= 15 is 0 Å². The zero-order chi connectivity index (χ0) is 22.9. The number of anilines is 2. The number of carboxylic acid groups (broad SMARTS) is 1. The third-order valence-electron chi connectivity index (χ3n) is 4.58. The Morgan fingerprint density at radius 3 is 2.13 bits per heavy atom. The van der Waals surface area contributed by atoms with Crippen molar-refractivity contribution in [1.29, 1.82) is 0 Å². The fourth-order valence-corrected chi connectivity index (χ4v) is 3.43. The Hall–Kier alpha value is -2.11. The van der Waals surface area contributed by atoms with Crippen LogP contribution < -0.4 is 10.2 Å². The van der Waals surface area contributed by atoms with Crippen LogP contribution in [0.3, 0.4) is 0 Å². The van der Waals surface area contributed by atoms with Crippen LogP contribution in [0.4, 0.5) is 16.2 Å². The van der Waals surface area contributed by atoms with Gasteiger partial charge in [0.2, 0.25) is 0 Å². The van der Waals surface area contributed by atoms with Crippen LogP contribution >= 0.6 is 34.8 Å². The van der Waals surface area contributed by atoms with Gasteiger partial charge in [-0.3, -0.25) is 4.90 Å². The minimum Gasteiger partial charge on any atom is -0.479 e. The number of carbonyl (C=O) groups excluding carboxylic acids is 1. The molecule has 12 heteroatoms. The van der Waals surface area contributed by atoms with Gasteiger partial charge in [-0.15, -0.1) is 0 Å². The van der Waals surface area contributed by atoms with Crippen molar-refractivity contribution in [2.24, 2.45) is 0 Å². The average Bonchev–Trinajstić information content (AvgIpc) is 2.72. The molecular formula is C19H17Cl3N2O7. The number of aliphatic hydroxyl groups is 3. The van der Waals surface area contributed by atoms with Crippen molar-refractivity contribution in [2.75, 3.05) is 10.2 Å². The topological polar surface area (TPSA) is 140 Å². The SMILES string of the molecule is O=C(O)[C@H]1OC(N(C(=O)Nc2ccc(Cl)cc2)c2ccc(Cl)c(Cl)c2)[C@H](O)[C@@H](O)[C@@H]1O. The van der Waals surface area contributed by atoms with Crippen molar-refractivity contribution < 1.29 is 34.8 Å². The fourth-order valence-electron chi connectivity index (χ4n) is 3.01. The molecule has 1 saturated heterocycles. The van der Waals surface area contributed by atoms with E-state index in [-0.39, 0.29) is 15.7 Å². The molecule has 31 heavy (non-hydrogen) atoms. The number of rotatable bonds is 4. The van der Waals surface area contributed by atoms with Crippen LogP contribution in [-0.4, -0.2) is 63.1 Å². The molecule has 5 N–H and O–H groups in total. The lowest BCUT2D eigenvalue weighted by Gasteiger charge is -2.43. The average molecular weight is 492 g/mol. The van der Waals surface area contributed by atoms with Gasteiger partial charge in [-0.25, -0.2) is 9.59 Å². The summed E-state index contributed by atoms with van der Waals surface area (Å²) in [5.74, 6) is -1.59. The number of carbonyl (C=O) groups is 2. The molecule has 1 fully saturated rings. The Labute approximate surface area is 191 Å². The van der Waals surface area contributed by atoms with Crippen LogP contribution in [0.1, 0.15) is 0 Å². The quantitative estimate of drug-likeness (QED) is 0.443. The van der Waals surface area contributed by atoms with Gasteiger partial charge in [0.1, 0.15) is 18.3 Å². The molecule has 0 bridgehead atoms. The molecule has 1 aliphatic heterocycles. The number of hydrogen-bond acceptors (Lipinski definition) is 6. The molecule has 3 rings (SSSR count). The zero-order valence-electron chi connectivity index (χ0n) is 15.5. The summed E-state index contributed by atoms with van der Waals surface area (Å²) in [4.78, 5) is 25.5. The Bertz CT molecular complexity index is 975. The van der Waals surface area contributed by atoms with Gasteiger partial charge < -0.3 is 30.5 Å². The number of hydrogen-bond donors (Lipinski definition) is 5. The van der Waals surface area contributed by atoms with Crippen molar-refractivity contribution in [2.45, 2.75) is 30.6 Å². The van der Waals surface area contributed by atoms with E-state index in [4.69, 9.17) is 39.5 Å². The van der Waals surface area contributed by atoms with E-state index in [9.17, 15) is 30.0 Å². The van der Waals surface area contributed by atoms with Crippen molar-refractivity contribution in [3.63, 3.8) is 0 Å². The maximum absolute atomic E-state index is 13.1. The third kappa shape index (κ3) is 5.04. The zero-order valence-corrected chi connectivity index (χ0v) is 17.8. The number of aliphatic hydroxyl groups excluding tert-OH is 3. The van der Waals surface area contributed by atoms with Gasteiger partial charge in [0, 0.05) is 16.4 Å². The van der Waals surface area contributed by atoms with Crippen molar-refractivity contribution in [3.05, 3.63) is 57.5 Å². The monoisotopic (exact) mass is 490 g/mol. The molecule has 0 spiro atoms. The molecule has 5 atom stereocenters. The second-order valence-electron chi connectivity index (χ2n) is 6.66. The maximum atomic E-state index is 13.1. The van der Waals surface area contributed by atoms with E-state index in [1.165, 1.54) is 42.5 Å². The molecule has 2 aromatic carbocycles. The smallest absolute Gasteiger partial charge is 0.335 e. The summed E-state index contributed by atoms with van der Waals surface area (Å²) in [7, 11) is 0. The van der Waals surface area contributed by atoms with Crippen molar-refractivity contribution in [3.8, 4) is 0 Å².